The van der Waals surface area contributed by atoms with Gasteiger partial charge in [0.1, 0.15) is 22.6 Å². The van der Waals surface area contributed by atoms with Crippen LogP contribution in [0.1, 0.15) is 31.2 Å². The topological polar surface area (TPSA) is 114 Å². The molecule has 2 saturated carbocycles. The number of halogens is 2. The van der Waals surface area contributed by atoms with Crippen LogP contribution >= 0.6 is 0 Å². The molecule has 2 aliphatic rings. The van der Waals surface area contributed by atoms with Crippen molar-refractivity contribution in [1.82, 2.24) is 9.38 Å². The Labute approximate surface area is 227 Å². The number of hydrogen-bond acceptors (Lipinski definition) is 5. The van der Waals surface area contributed by atoms with Gasteiger partial charge in [0.05, 0.1) is 12.4 Å². The number of nitrogens with zero attached hydrogens (tertiary/aromatic N) is 2. The van der Waals surface area contributed by atoms with Crippen LogP contribution in [0.3, 0.4) is 0 Å². The summed E-state index contributed by atoms with van der Waals surface area (Å²) in [6, 6.07) is 11.3. The fourth-order valence-electron chi connectivity index (χ4n) is 4.40. The average Bonchev–Trinajstić information content (AvgIpc) is 3.83. The molecule has 2 heterocycles. The van der Waals surface area contributed by atoms with Gasteiger partial charge >= 0.3 is 0 Å². The van der Waals surface area contributed by atoms with Crippen LogP contribution in [0.25, 0.3) is 5.65 Å². The van der Waals surface area contributed by atoms with Gasteiger partial charge < -0.3 is 25.1 Å². The van der Waals surface area contributed by atoms with Crippen LogP contribution in [0.15, 0.2) is 60.9 Å². The van der Waals surface area contributed by atoms with Gasteiger partial charge in [0.15, 0.2) is 17.4 Å². The van der Waals surface area contributed by atoms with Gasteiger partial charge in [0, 0.05) is 23.4 Å². The third-order valence-electron chi connectivity index (χ3n) is 7.10. The van der Waals surface area contributed by atoms with E-state index in [-0.39, 0.29) is 23.3 Å². The SMILES string of the molecule is Cc1cc(F)ccc1NC(=O)C1(C(=O)Nc2ccc(Oc3ccc4nc(NC(=O)C5CC5)cn4c3)c(F)c2)CC1. The zero-order chi connectivity index (χ0) is 28.0. The lowest BCUT2D eigenvalue weighted by Crippen LogP contribution is -2.35. The van der Waals surface area contributed by atoms with Gasteiger partial charge in [-0.05, 0) is 80.6 Å². The van der Waals surface area contributed by atoms with E-state index in [1.807, 2.05) is 0 Å². The standard InChI is InChI=1S/C29H25F2N5O4/c1-16-12-18(30)4-7-22(16)33-28(39)29(10-11-29)27(38)32-19-5-8-23(21(31)13-19)40-20-6-9-25-34-24(15-36(25)14-20)35-26(37)17-2-3-17/h4-9,12-15,17H,2-3,10-11H2,1H3,(H,32,38)(H,33,39)(H,35,37). The van der Waals surface area contributed by atoms with E-state index in [4.69, 9.17) is 4.74 Å². The van der Waals surface area contributed by atoms with Crippen LogP contribution in [-0.2, 0) is 14.4 Å². The third-order valence-corrected chi connectivity index (χ3v) is 7.10. The van der Waals surface area contributed by atoms with Crippen molar-refractivity contribution in [3.63, 3.8) is 0 Å². The summed E-state index contributed by atoms with van der Waals surface area (Å²) in [6.45, 7) is 1.66. The number of ether oxygens (including phenoxy) is 1. The second-order valence-electron chi connectivity index (χ2n) is 10.2. The van der Waals surface area contributed by atoms with Gasteiger partial charge in [-0.2, -0.15) is 0 Å². The summed E-state index contributed by atoms with van der Waals surface area (Å²) in [6.07, 6.45) is 5.73. The molecule has 11 heteroatoms. The van der Waals surface area contributed by atoms with Crippen molar-refractivity contribution in [3.8, 4) is 11.5 Å². The minimum Gasteiger partial charge on any atom is -0.453 e. The molecule has 3 amide bonds. The van der Waals surface area contributed by atoms with E-state index in [0.717, 1.165) is 18.9 Å². The molecule has 204 valence electrons. The lowest BCUT2D eigenvalue weighted by molar-refractivity contribution is -0.131. The highest BCUT2D eigenvalue weighted by atomic mass is 19.1. The minimum atomic E-state index is -1.27. The molecule has 0 bridgehead atoms. The maximum absolute atomic E-state index is 14.9. The summed E-state index contributed by atoms with van der Waals surface area (Å²) in [4.78, 5) is 42.2. The van der Waals surface area contributed by atoms with Gasteiger partial charge in [0.25, 0.3) is 0 Å². The van der Waals surface area contributed by atoms with Crippen molar-refractivity contribution >= 4 is 40.6 Å². The second kappa shape index (κ2) is 9.74. The monoisotopic (exact) mass is 545 g/mol. The zero-order valence-electron chi connectivity index (χ0n) is 21.5. The maximum Gasteiger partial charge on any atom is 0.240 e. The molecule has 2 aromatic carbocycles. The number of benzene rings is 2. The number of rotatable bonds is 8. The normalized spacial score (nSPS) is 15.4. The Bertz CT molecular complexity index is 1680. The highest BCUT2D eigenvalue weighted by Crippen LogP contribution is 2.47. The summed E-state index contributed by atoms with van der Waals surface area (Å²) < 4.78 is 35.7. The quantitative estimate of drug-likeness (QED) is 0.256. The first kappa shape index (κ1) is 25.5. The number of pyridine rings is 1. The number of amides is 3. The van der Waals surface area contributed by atoms with E-state index in [9.17, 15) is 23.2 Å². The molecule has 6 rings (SSSR count). The highest BCUT2D eigenvalue weighted by molar-refractivity contribution is 6.17. The summed E-state index contributed by atoms with van der Waals surface area (Å²) in [7, 11) is 0. The minimum absolute atomic E-state index is 0.0506. The molecule has 0 spiro atoms. The maximum atomic E-state index is 14.9. The Hall–Kier alpha value is -4.80. The van der Waals surface area contributed by atoms with E-state index >= 15 is 0 Å². The smallest absolute Gasteiger partial charge is 0.240 e. The molecule has 0 radical (unpaired) electrons. The highest BCUT2D eigenvalue weighted by Gasteiger charge is 2.56. The first-order valence-electron chi connectivity index (χ1n) is 12.9. The molecule has 4 aromatic rings. The van der Waals surface area contributed by atoms with Crippen LogP contribution in [0, 0.1) is 29.9 Å². The zero-order valence-corrected chi connectivity index (χ0v) is 21.5. The van der Waals surface area contributed by atoms with Crippen molar-refractivity contribution in [1.29, 1.82) is 0 Å². The predicted octanol–water partition coefficient (Wildman–Crippen LogP) is 5.42. The van der Waals surface area contributed by atoms with Gasteiger partial charge in [-0.1, -0.05) is 0 Å². The van der Waals surface area contributed by atoms with Crippen LogP contribution < -0.4 is 20.7 Å². The van der Waals surface area contributed by atoms with Crippen LogP contribution in [0.2, 0.25) is 0 Å². The van der Waals surface area contributed by atoms with Crippen LogP contribution in [-0.4, -0.2) is 27.1 Å². The molecule has 2 aliphatic carbocycles. The second-order valence-corrected chi connectivity index (χ2v) is 10.2. The van der Waals surface area contributed by atoms with Crippen molar-refractivity contribution in [3.05, 3.63) is 78.1 Å². The van der Waals surface area contributed by atoms with E-state index in [2.05, 4.69) is 20.9 Å². The number of fused-ring (bicyclic) bond motifs is 1. The molecular weight excluding hydrogens is 520 g/mol. The fraction of sp³-hybridized carbons (Fsp3) is 0.241. The first-order valence-corrected chi connectivity index (χ1v) is 12.9. The van der Waals surface area contributed by atoms with Gasteiger partial charge in [-0.15, -0.1) is 0 Å². The number of aryl methyl sites for hydroxylation is 1. The van der Waals surface area contributed by atoms with Crippen LogP contribution in [0.5, 0.6) is 11.5 Å². The Morgan fingerprint density at radius 2 is 1.73 bits per heavy atom. The molecule has 0 saturated heterocycles. The predicted molar refractivity (Wildman–Crippen MR) is 143 cm³/mol. The Morgan fingerprint density at radius 3 is 2.42 bits per heavy atom. The molecule has 9 nitrogen and oxygen atoms in total. The van der Waals surface area contributed by atoms with E-state index in [1.54, 1.807) is 35.9 Å². The number of anilines is 3. The molecule has 40 heavy (non-hydrogen) atoms. The average molecular weight is 546 g/mol. The number of nitrogens with one attached hydrogen (secondary N) is 3. The van der Waals surface area contributed by atoms with E-state index in [0.29, 0.717) is 41.3 Å². The molecule has 0 unspecified atom stereocenters. The fourth-order valence-corrected chi connectivity index (χ4v) is 4.40. The Kier molecular flexibility index (Phi) is 6.21. The van der Waals surface area contributed by atoms with Gasteiger partial charge in [0.2, 0.25) is 17.7 Å². The van der Waals surface area contributed by atoms with Gasteiger partial charge in [-0.3, -0.25) is 14.4 Å². The van der Waals surface area contributed by atoms with Crippen LogP contribution in [0.4, 0.5) is 26.0 Å². The largest absolute Gasteiger partial charge is 0.453 e. The number of aromatic nitrogens is 2. The summed E-state index contributed by atoms with van der Waals surface area (Å²) in [5.41, 5.74) is 0.447. The molecule has 2 aromatic heterocycles. The number of imidazole rings is 1. The van der Waals surface area contributed by atoms with E-state index in [1.165, 1.54) is 30.3 Å². The molecule has 0 aliphatic heterocycles. The summed E-state index contributed by atoms with van der Waals surface area (Å²) >= 11 is 0. The van der Waals surface area contributed by atoms with Crippen molar-refractivity contribution < 1.29 is 27.9 Å². The summed E-state index contributed by atoms with van der Waals surface area (Å²) in [5.74, 6) is -1.47. The molecule has 0 atom stereocenters. The third kappa shape index (κ3) is 5.09. The van der Waals surface area contributed by atoms with E-state index < -0.39 is 28.9 Å². The van der Waals surface area contributed by atoms with Gasteiger partial charge in [-0.25, -0.2) is 13.8 Å². The Balaban J connectivity index is 1.10. The number of hydrogen-bond donors (Lipinski definition) is 3. The molecule has 3 N–H and O–H groups in total. The number of carbonyl (C=O) groups is 3. The number of carbonyl (C=O) groups excluding carboxylic acids is 3. The van der Waals surface area contributed by atoms with Crippen molar-refractivity contribution in [2.45, 2.75) is 32.6 Å². The summed E-state index contributed by atoms with van der Waals surface area (Å²) in [5, 5.41) is 8.10. The van der Waals surface area contributed by atoms with Crippen molar-refractivity contribution in [2.75, 3.05) is 16.0 Å². The Morgan fingerprint density at radius 1 is 0.950 bits per heavy atom. The molecular formula is C29H25F2N5O4. The van der Waals surface area contributed by atoms with Crippen molar-refractivity contribution in [2.24, 2.45) is 11.3 Å². The molecule has 2 fully saturated rings. The lowest BCUT2D eigenvalue weighted by atomic mass is 10.0. The lowest BCUT2D eigenvalue weighted by Gasteiger charge is -2.17. The first-order chi connectivity index (χ1) is 19.2.